The Morgan fingerprint density at radius 1 is 1.17 bits per heavy atom. The first-order valence-corrected chi connectivity index (χ1v) is 6.09. The molecule has 0 amide bonds. The van der Waals surface area contributed by atoms with Crippen LogP contribution in [0.1, 0.15) is 16.8 Å². The first-order valence-electron chi connectivity index (χ1n) is 6.09. The summed E-state index contributed by atoms with van der Waals surface area (Å²) < 4.78 is 0. The number of para-hydroxylation sites is 1. The molecule has 2 heterocycles. The largest absolute Gasteiger partial charge is 0.361 e. The van der Waals surface area contributed by atoms with E-state index < -0.39 is 0 Å². The van der Waals surface area contributed by atoms with E-state index in [1.807, 2.05) is 19.3 Å². The van der Waals surface area contributed by atoms with Crippen molar-refractivity contribution in [2.24, 2.45) is 0 Å². The van der Waals surface area contributed by atoms with Gasteiger partial charge in [0.2, 0.25) is 0 Å². The van der Waals surface area contributed by atoms with Gasteiger partial charge in [0, 0.05) is 36.1 Å². The van der Waals surface area contributed by atoms with Crippen LogP contribution in [0.3, 0.4) is 0 Å². The average molecular weight is 240 g/mol. The molecule has 1 aromatic carbocycles. The zero-order valence-electron chi connectivity index (χ0n) is 10.3. The van der Waals surface area contributed by atoms with Gasteiger partial charge < -0.3 is 10.3 Å². The molecule has 0 fully saturated rings. The zero-order valence-corrected chi connectivity index (χ0v) is 10.3. The Hall–Kier alpha value is -2.07. The minimum atomic E-state index is 0.833. The second-order valence-electron chi connectivity index (χ2n) is 4.48. The van der Waals surface area contributed by atoms with Gasteiger partial charge in [0.05, 0.1) is 6.20 Å². The summed E-state index contributed by atoms with van der Waals surface area (Å²) in [7, 11) is 0. The second kappa shape index (κ2) is 4.66. The molecule has 4 nitrogen and oxygen atoms in total. The lowest BCUT2D eigenvalue weighted by atomic mass is 10.1. The summed E-state index contributed by atoms with van der Waals surface area (Å²) >= 11 is 0. The van der Waals surface area contributed by atoms with E-state index in [1.165, 1.54) is 22.0 Å². The number of nitrogens with zero attached hydrogens (tertiary/aromatic N) is 1. The van der Waals surface area contributed by atoms with Crippen LogP contribution in [0.25, 0.3) is 10.9 Å². The molecule has 3 rings (SSSR count). The van der Waals surface area contributed by atoms with E-state index in [2.05, 4.69) is 44.8 Å². The number of aromatic nitrogens is 3. The topological polar surface area (TPSA) is 56.5 Å². The van der Waals surface area contributed by atoms with Gasteiger partial charge in [-0.1, -0.05) is 18.2 Å². The molecule has 0 unspecified atom stereocenters. The normalized spacial score (nSPS) is 11.2. The van der Waals surface area contributed by atoms with Gasteiger partial charge in [0.25, 0.3) is 0 Å². The molecule has 0 bridgehead atoms. The van der Waals surface area contributed by atoms with E-state index in [1.54, 1.807) is 0 Å². The summed E-state index contributed by atoms with van der Waals surface area (Å²) in [4.78, 5) is 3.28. The van der Waals surface area contributed by atoms with Crippen LogP contribution in [0.2, 0.25) is 0 Å². The van der Waals surface area contributed by atoms with Gasteiger partial charge in [0.1, 0.15) is 0 Å². The van der Waals surface area contributed by atoms with Crippen molar-refractivity contribution in [3.05, 3.63) is 53.5 Å². The molecule has 0 saturated carbocycles. The Morgan fingerprint density at radius 3 is 2.89 bits per heavy atom. The summed E-state index contributed by atoms with van der Waals surface area (Å²) in [5.41, 5.74) is 4.85. The molecule has 0 saturated heterocycles. The minimum absolute atomic E-state index is 0.833. The number of rotatable bonds is 4. The third-order valence-corrected chi connectivity index (χ3v) is 3.24. The predicted molar refractivity (Wildman–Crippen MR) is 72.2 cm³/mol. The van der Waals surface area contributed by atoms with E-state index in [4.69, 9.17) is 0 Å². The maximum absolute atomic E-state index is 4.02. The van der Waals surface area contributed by atoms with E-state index in [0.717, 1.165) is 18.8 Å². The molecule has 3 aromatic rings. The first kappa shape index (κ1) is 11.0. The van der Waals surface area contributed by atoms with Crippen molar-refractivity contribution in [3.8, 4) is 0 Å². The predicted octanol–water partition coefficient (Wildman–Crippen LogP) is 2.49. The quantitative estimate of drug-likeness (QED) is 0.656. The van der Waals surface area contributed by atoms with Crippen LogP contribution in [-0.2, 0) is 13.1 Å². The fourth-order valence-corrected chi connectivity index (χ4v) is 2.18. The van der Waals surface area contributed by atoms with Crippen LogP contribution >= 0.6 is 0 Å². The Kier molecular flexibility index (Phi) is 2.86. The monoisotopic (exact) mass is 240 g/mol. The third-order valence-electron chi connectivity index (χ3n) is 3.24. The number of benzene rings is 1. The molecular formula is C14H16N4. The number of hydrogen-bond donors (Lipinski definition) is 3. The number of nitrogens with one attached hydrogen (secondary N) is 3. The lowest BCUT2D eigenvalue weighted by Crippen LogP contribution is -2.13. The average Bonchev–Trinajstić information content (AvgIpc) is 2.99. The van der Waals surface area contributed by atoms with Gasteiger partial charge in [0.15, 0.2) is 0 Å². The third kappa shape index (κ3) is 2.02. The van der Waals surface area contributed by atoms with E-state index in [-0.39, 0.29) is 0 Å². The molecule has 3 N–H and O–H groups in total. The fourth-order valence-electron chi connectivity index (χ4n) is 2.18. The molecule has 4 heteroatoms. The Morgan fingerprint density at radius 2 is 2.06 bits per heavy atom. The van der Waals surface area contributed by atoms with Crippen molar-refractivity contribution in [2.45, 2.75) is 20.0 Å². The number of aryl methyl sites for hydroxylation is 1. The summed E-state index contributed by atoms with van der Waals surface area (Å²) in [5, 5.41) is 11.7. The highest BCUT2D eigenvalue weighted by Crippen LogP contribution is 2.16. The van der Waals surface area contributed by atoms with E-state index in [9.17, 15) is 0 Å². The molecule has 0 aliphatic rings. The standard InChI is InChI=1S/C14H16N4/c1-10-13(9-17-18-10)8-15-7-12-4-2-3-11-5-6-16-14(11)12/h2-6,9,15-16H,7-8H2,1H3,(H,17,18). The Bertz CT molecular complexity index is 650. The van der Waals surface area contributed by atoms with Crippen LogP contribution in [-0.4, -0.2) is 15.2 Å². The van der Waals surface area contributed by atoms with Crippen LogP contribution in [0, 0.1) is 6.92 Å². The van der Waals surface area contributed by atoms with Gasteiger partial charge in [-0.3, -0.25) is 5.10 Å². The summed E-state index contributed by atoms with van der Waals surface area (Å²) in [6, 6.07) is 8.46. The van der Waals surface area contributed by atoms with Crippen molar-refractivity contribution in [2.75, 3.05) is 0 Å². The lowest BCUT2D eigenvalue weighted by molar-refractivity contribution is 0.693. The molecular weight excluding hydrogens is 224 g/mol. The molecule has 92 valence electrons. The van der Waals surface area contributed by atoms with Gasteiger partial charge in [-0.2, -0.15) is 5.10 Å². The highest BCUT2D eigenvalue weighted by molar-refractivity contribution is 5.82. The van der Waals surface area contributed by atoms with Gasteiger partial charge in [-0.15, -0.1) is 0 Å². The molecule has 0 spiro atoms. The maximum Gasteiger partial charge on any atom is 0.0535 e. The second-order valence-corrected chi connectivity index (χ2v) is 4.48. The van der Waals surface area contributed by atoms with E-state index >= 15 is 0 Å². The smallest absolute Gasteiger partial charge is 0.0535 e. The molecule has 0 aliphatic carbocycles. The SMILES string of the molecule is Cc1[nH]ncc1CNCc1cccc2cc[nH]c12. The fraction of sp³-hybridized carbons (Fsp3) is 0.214. The maximum atomic E-state index is 4.02. The van der Waals surface area contributed by atoms with Crippen molar-refractivity contribution >= 4 is 10.9 Å². The Balaban J connectivity index is 1.70. The first-order chi connectivity index (χ1) is 8.84. The zero-order chi connectivity index (χ0) is 12.4. The molecule has 18 heavy (non-hydrogen) atoms. The van der Waals surface area contributed by atoms with Crippen molar-refractivity contribution in [3.63, 3.8) is 0 Å². The van der Waals surface area contributed by atoms with Crippen molar-refractivity contribution in [1.29, 1.82) is 0 Å². The Labute approximate surface area is 105 Å². The molecule has 0 radical (unpaired) electrons. The van der Waals surface area contributed by atoms with Crippen molar-refractivity contribution in [1.82, 2.24) is 20.5 Å². The number of aromatic amines is 2. The molecule has 0 atom stereocenters. The molecule has 0 aliphatic heterocycles. The highest BCUT2D eigenvalue weighted by Gasteiger charge is 2.03. The lowest BCUT2D eigenvalue weighted by Gasteiger charge is -2.05. The highest BCUT2D eigenvalue weighted by atomic mass is 15.1. The number of H-pyrrole nitrogens is 2. The minimum Gasteiger partial charge on any atom is -0.361 e. The van der Waals surface area contributed by atoms with Gasteiger partial charge in [-0.25, -0.2) is 0 Å². The summed E-state index contributed by atoms with van der Waals surface area (Å²) in [5.74, 6) is 0. The summed E-state index contributed by atoms with van der Waals surface area (Å²) in [6.45, 7) is 3.72. The van der Waals surface area contributed by atoms with Gasteiger partial charge >= 0.3 is 0 Å². The van der Waals surface area contributed by atoms with Crippen LogP contribution in [0.15, 0.2) is 36.7 Å². The van der Waals surface area contributed by atoms with Crippen LogP contribution < -0.4 is 5.32 Å². The van der Waals surface area contributed by atoms with E-state index in [0.29, 0.717) is 0 Å². The van der Waals surface area contributed by atoms with Crippen molar-refractivity contribution < 1.29 is 0 Å². The van der Waals surface area contributed by atoms with Gasteiger partial charge in [-0.05, 0) is 23.9 Å². The summed E-state index contributed by atoms with van der Waals surface area (Å²) in [6.07, 6.45) is 3.85. The number of hydrogen-bond acceptors (Lipinski definition) is 2. The number of fused-ring (bicyclic) bond motifs is 1. The molecule has 2 aromatic heterocycles. The van der Waals surface area contributed by atoms with Crippen LogP contribution in [0.4, 0.5) is 0 Å². The van der Waals surface area contributed by atoms with Crippen LogP contribution in [0.5, 0.6) is 0 Å².